The third-order valence-corrected chi connectivity index (χ3v) is 8.33. The van der Waals surface area contributed by atoms with Crippen molar-refractivity contribution in [2.75, 3.05) is 0 Å². The van der Waals surface area contributed by atoms with Crippen molar-refractivity contribution < 1.29 is 19.1 Å². The van der Waals surface area contributed by atoms with Crippen LogP contribution >= 0.6 is 0 Å². The van der Waals surface area contributed by atoms with Crippen LogP contribution in [0, 0.1) is 0 Å². The lowest BCUT2D eigenvalue weighted by molar-refractivity contribution is 0.128. The summed E-state index contributed by atoms with van der Waals surface area (Å²) in [6.07, 6.45) is 0. The molecule has 0 aliphatic rings. The Kier molecular flexibility index (Phi) is 6.48. The SMILES string of the molecule is OC(c1ccccc1)[Si](Oc1ccccc1)(Oc1ccccc1)C(O)c1ccccc1. The summed E-state index contributed by atoms with van der Waals surface area (Å²) in [5.41, 5.74) is -1.08. The van der Waals surface area contributed by atoms with Crippen LogP contribution in [0.25, 0.3) is 0 Å². The first-order valence-electron chi connectivity index (χ1n) is 10.1. The van der Waals surface area contributed by atoms with Crippen molar-refractivity contribution in [2.24, 2.45) is 0 Å². The van der Waals surface area contributed by atoms with Crippen LogP contribution in [0.5, 0.6) is 11.5 Å². The smallest absolute Gasteiger partial charge is 0.509 e. The minimum atomic E-state index is -3.85. The van der Waals surface area contributed by atoms with E-state index in [1.54, 1.807) is 24.3 Å². The maximum absolute atomic E-state index is 11.6. The highest BCUT2D eigenvalue weighted by molar-refractivity contribution is 6.71. The average molecular weight is 429 g/mol. The molecule has 156 valence electrons. The monoisotopic (exact) mass is 428 g/mol. The molecule has 0 radical (unpaired) electrons. The second kappa shape index (κ2) is 9.62. The number of hydrogen-bond donors (Lipinski definition) is 2. The molecule has 0 heterocycles. The van der Waals surface area contributed by atoms with E-state index in [1.165, 1.54) is 0 Å². The molecule has 0 amide bonds. The van der Waals surface area contributed by atoms with Crippen LogP contribution in [-0.2, 0) is 0 Å². The Balaban J connectivity index is 1.87. The van der Waals surface area contributed by atoms with Crippen LogP contribution in [0.3, 0.4) is 0 Å². The molecule has 4 nitrogen and oxygen atoms in total. The van der Waals surface area contributed by atoms with Crippen LogP contribution in [0.2, 0.25) is 0 Å². The van der Waals surface area contributed by atoms with Gasteiger partial charge in [-0.2, -0.15) is 0 Å². The van der Waals surface area contributed by atoms with Gasteiger partial charge in [-0.3, -0.25) is 0 Å². The largest absolute Gasteiger partial charge is 0.529 e. The molecule has 2 unspecified atom stereocenters. The van der Waals surface area contributed by atoms with E-state index in [-0.39, 0.29) is 0 Å². The highest BCUT2D eigenvalue weighted by atomic mass is 28.4. The summed E-state index contributed by atoms with van der Waals surface area (Å²) in [4.78, 5) is 0. The quantitative estimate of drug-likeness (QED) is 0.382. The van der Waals surface area contributed by atoms with Gasteiger partial charge >= 0.3 is 8.56 Å². The molecule has 0 saturated heterocycles. The first-order chi connectivity index (χ1) is 15.2. The lowest BCUT2D eigenvalue weighted by Gasteiger charge is -2.38. The molecule has 4 aromatic carbocycles. The first-order valence-corrected chi connectivity index (χ1v) is 12.1. The molecule has 31 heavy (non-hydrogen) atoms. The van der Waals surface area contributed by atoms with E-state index >= 15 is 0 Å². The summed E-state index contributed by atoms with van der Waals surface area (Å²) in [6, 6.07) is 36.7. The Morgan fingerprint density at radius 3 is 1.06 bits per heavy atom. The van der Waals surface area contributed by atoms with Gasteiger partial charge in [0.15, 0.2) is 0 Å². The number of aliphatic hydroxyl groups excluding tert-OH is 2. The second-order valence-electron chi connectivity index (χ2n) is 7.18. The molecular weight excluding hydrogens is 404 g/mol. The predicted molar refractivity (Wildman–Crippen MR) is 123 cm³/mol. The van der Waals surface area contributed by atoms with Crippen LogP contribution in [0.15, 0.2) is 121 Å². The second-order valence-corrected chi connectivity index (χ2v) is 10.1. The van der Waals surface area contributed by atoms with E-state index < -0.39 is 20.0 Å². The van der Waals surface area contributed by atoms with Gasteiger partial charge in [-0.15, -0.1) is 0 Å². The topological polar surface area (TPSA) is 58.9 Å². The van der Waals surface area contributed by atoms with Gasteiger partial charge in [-0.05, 0) is 35.4 Å². The van der Waals surface area contributed by atoms with Gasteiger partial charge in [0, 0.05) is 0 Å². The fourth-order valence-electron chi connectivity index (χ4n) is 3.47. The maximum atomic E-state index is 11.6. The van der Waals surface area contributed by atoms with Gasteiger partial charge < -0.3 is 19.1 Å². The zero-order chi connectivity index (χ0) is 21.5. The zero-order valence-corrected chi connectivity index (χ0v) is 17.9. The molecule has 4 rings (SSSR count). The van der Waals surface area contributed by atoms with Crippen LogP contribution < -0.4 is 8.85 Å². The van der Waals surface area contributed by atoms with Crippen LogP contribution in [0.1, 0.15) is 22.6 Å². The third kappa shape index (κ3) is 4.69. The van der Waals surface area contributed by atoms with Gasteiger partial charge in [0.1, 0.15) is 23.0 Å². The summed E-state index contributed by atoms with van der Waals surface area (Å²) in [5.74, 6) is 1.05. The van der Waals surface area contributed by atoms with E-state index in [4.69, 9.17) is 8.85 Å². The molecule has 0 spiro atoms. The number of para-hydroxylation sites is 2. The molecule has 0 fully saturated rings. The lowest BCUT2D eigenvalue weighted by atomic mass is 10.2. The van der Waals surface area contributed by atoms with Gasteiger partial charge in [0.05, 0.1) is 0 Å². The van der Waals surface area contributed by atoms with Gasteiger partial charge in [0.2, 0.25) is 0 Å². The third-order valence-electron chi connectivity index (χ3n) is 5.03. The van der Waals surface area contributed by atoms with Gasteiger partial charge in [0.25, 0.3) is 0 Å². The molecule has 2 N–H and O–H groups in total. The first kappa shape index (κ1) is 20.9. The fraction of sp³-hybridized carbons (Fsp3) is 0.0769. The van der Waals surface area contributed by atoms with Crippen molar-refractivity contribution in [2.45, 2.75) is 11.5 Å². The molecule has 2 atom stereocenters. The Morgan fingerprint density at radius 1 is 0.452 bits per heavy atom. The molecular formula is C26H24O4Si. The standard InChI is InChI=1S/C26H24O4Si/c27-25(21-13-5-1-6-14-21)31(29-23-17-9-3-10-18-23,30-24-19-11-4-12-20-24)26(28)22-15-7-2-8-16-22/h1-20,25-28H. The van der Waals surface area contributed by atoms with E-state index in [9.17, 15) is 10.2 Å². The Hall–Kier alpha value is -3.38. The van der Waals surface area contributed by atoms with Crippen LogP contribution in [-0.4, -0.2) is 18.8 Å². The van der Waals surface area contributed by atoms with Crippen molar-refractivity contribution in [1.29, 1.82) is 0 Å². The highest BCUT2D eigenvalue weighted by Gasteiger charge is 2.58. The van der Waals surface area contributed by atoms with E-state index in [0.717, 1.165) is 0 Å². The zero-order valence-electron chi connectivity index (χ0n) is 16.9. The van der Waals surface area contributed by atoms with Gasteiger partial charge in [-0.1, -0.05) is 97.1 Å². The summed E-state index contributed by atoms with van der Waals surface area (Å²) in [5, 5.41) is 23.3. The highest BCUT2D eigenvalue weighted by Crippen LogP contribution is 2.38. The normalized spacial score (nSPS) is 13.2. The summed E-state index contributed by atoms with van der Waals surface area (Å²) in [6.45, 7) is 0. The van der Waals surface area contributed by atoms with E-state index in [2.05, 4.69) is 0 Å². The molecule has 0 saturated carbocycles. The Morgan fingerprint density at radius 2 is 0.742 bits per heavy atom. The van der Waals surface area contributed by atoms with Crippen molar-refractivity contribution in [3.05, 3.63) is 132 Å². The minimum Gasteiger partial charge on any atom is -0.509 e. The van der Waals surface area contributed by atoms with Crippen molar-refractivity contribution in [3.8, 4) is 11.5 Å². The maximum Gasteiger partial charge on any atom is 0.529 e. The number of hydrogen-bond acceptors (Lipinski definition) is 4. The van der Waals surface area contributed by atoms with Crippen molar-refractivity contribution >= 4 is 8.56 Å². The fourth-order valence-corrected chi connectivity index (χ4v) is 6.58. The number of aliphatic hydroxyl groups is 2. The molecule has 0 aliphatic heterocycles. The van der Waals surface area contributed by atoms with Gasteiger partial charge in [-0.25, -0.2) is 0 Å². The molecule has 0 aromatic heterocycles. The summed E-state index contributed by atoms with van der Waals surface area (Å²) in [7, 11) is -3.85. The summed E-state index contributed by atoms with van der Waals surface area (Å²) < 4.78 is 12.9. The van der Waals surface area contributed by atoms with Crippen molar-refractivity contribution in [3.63, 3.8) is 0 Å². The number of rotatable bonds is 8. The Labute approximate surface area is 183 Å². The van der Waals surface area contributed by atoms with E-state index in [0.29, 0.717) is 22.6 Å². The lowest BCUT2D eigenvalue weighted by Crippen LogP contribution is -2.59. The minimum absolute atomic E-state index is 0.523. The van der Waals surface area contributed by atoms with E-state index in [1.807, 2.05) is 97.1 Å². The van der Waals surface area contributed by atoms with Crippen molar-refractivity contribution in [1.82, 2.24) is 0 Å². The predicted octanol–water partition coefficient (Wildman–Crippen LogP) is 5.13. The summed E-state index contributed by atoms with van der Waals surface area (Å²) >= 11 is 0. The molecule has 0 aliphatic carbocycles. The Bertz CT molecular complexity index is 971. The molecule has 4 aromatic rings. The van der Waals surface area contributed by atoms with Crippen LogP contribution in [0.4, 0.5) is 0 Å². The number of benzene rings is 4. The average Bonchev–Trinajstić information content (AvgIpc) is 2.85. The molecule has 0 bridgehead atoms. The molecule has 5 heteroatoms.